The van der Waals surface area contributed by atoms with Gasteiger partial charge in [-0.15, -0.1) is 0 Å². The fourth-order valence-electron chi connectivity index (χ4n) is 0.852. The van der Waals surface area contributed by atoms with Crippen molar-refractivity contribution in [1.29, 1.82) is 0 Å². The number of hydrogen-bond acceptors (Lipinski definition) is 3. The van der Waals surface area contributed by atoms with E-state index in [0.29, 0.717) is 12.5 Å². The smallest absolute Gasteiger partial charge is 0.316 e. The van der Waals surface area contributed by atoms with Crippen LogP contribution in [0.5, 0.6) is 6.01 Å². The molecule has 0 bridgehead atoms. The molecule has 1 aromatic heterocycles. The summed E-state index contributed by atoms with van der Waals surface area (Å²) in [6.07, 6.45) is 4.66. The molecule has 64 valence electrons. The highest BCUT2D eigenvalue weighted by Crippen LogP contribution is 2.28. The van der Waals surface area contributed by atoms with Gasteiger partial charge in [-0.25, -0.2) is 14.4 Å². The molecule has 1 saturated carbocycles. The Labute approximate surface area is 69.6 Å². The van der Waals surface area contributed by atoms with Gasteiger partial charge < -0.3 is 4.74 Å². The Morgan fingerprint density at radius 2 is 2.08 bits per heavy atom. The molecule has 0 radical (unpaired) electrons. The summed E-state index contributed by atoms with van der Waals surface area (Å²) in [6.45, 7) is 0.658. The van der Waals surface area contributed by atoms with Crippen molar-refractivity contribution in [1.82, 2.24) is 9.97 Å². The van der Waals surface area contributed by atoms with Gasteiger partial charge in [-0.2, -0.15) is 0 Å². The fourth-order valence-corrected chi connectivity index (χ4v) is 0.852. The maximum absolute atomic E-state index is 12.3. The van der Waals surface area contributed by atoms with Crippen LogP contribution >= 0.6 is 0 Å². The van der Waals surface area contributed by atoms with Crippen LogP contribution in [-0.2, 0) is 0 Å². The van der Waals surface area contributed by atoms with Gasteiger partial charge in [-0.05, 0) is 18.8 Å². The van der Waals surface area contributed by atoms with Crippen molar-refractivity contribution in [2.75, 3.05) is 6.61 Å². The third kappa shape index (κ3) is 1.90. The summed E-state index contributed by atoms with van der Waals surface area (Å²) in [6, 6.07) is 0.267. The Morgan fingerprint density at radius 1 is 1.42 bits per heavy atom. The van der Waals surface area contributed by atoms with E-state index in [1.165, 1.54) is 12.8 Å². The summed E-state index contributed by atoms with van der Waals surface area (Å²) < 4.78 is 17.5. The molecular formula is C8H9FN2O. The van der Waals surface area contributed by atoms with Crippen molar-refractivity contribution in [2.45, 2.75) is 12.8 Å². The van der Waals surface area contributed by atoms with Crippen LogP contribution in [0, 0.1) is 11.7 Å². The van der Waals surface area contributed by atoms with Gasteiger partial charge >= 0.3 is 6.01 Å². The van der Waals surface area contributed by atoms with Crippen molar-refractivity contribution in [3.05, 3.63) is 18.2 Å². The van der Waals surface area contributed by atoms with Crippen LogP contribution in [0.4, 0.5) is 4.39 Å². The van der Waals surface area contributed by atoms with E-state index >= 15 is 0 Å². The first kappa shape index (κ1) is 7.46. The number of halogens is 1. The first-order valence-corrected chi connectivity index (χ1v) is 3.95. The lowest BCUT2D eigenvalue weighted by Gasteiger charge is -2.00. The third-order valence-corrected chi connectivity index (χ3v) is 1.74. The molecule has 1 fully saturated rings. The molecule has 1 heterocycles. The van der Waals surface area contributed by atoms with Gasteiger partial charge in [0.05, 0.1) is 19.0 Å². The lowest BCUT2D eigenvalue weighted by Crippen LogP contribution is -2.02. The second-order valence-electron chi connectivity index (χ2n) is 2.94. The minimum Gasteiger partial charge on any atom is -0.463 e. The Balaban J connectivity index is 1.89. The Bertz CT molecular complexity index is 258. The van der Waals surface area contributed by atoms with Crippen molar-refractivity contribution in [2.24, 2.45) is 5.92 Å². The fraction of sp³-hybridized carbons (Fsp3) is 0.500. The van der Waals surface area contributed by atoms with Gasteiger partial charge in [0.15, 0.2) is 5.82 Å². The molecule has 3 nitrogen and oxygen atoms in total. The second-order valence-corrected chi connectivity index (χ2v) is 2.94. The van der Waals surface area contributed by atoms with Crippen molar-refractivity contribution >= 4 is 0 Å². The van der Waals surface area contributed by atoms with Crippen LogP contribution < -0.4 is 4.74 Å². The van der Waals surface area contributed by atoms with Crippen LogP contribution in [0.1, 0.15) is 12.8 Å². The number of rotatable bonds is 3. The third-order valence-electron chi connectivity index (χ3n) is 1.74. The number of aromatic nitrogens is 2. The minimum atomic E-state index is -0.436. The first-order valence-electron chi connectivity index (χ1n) is 3.95. The molecule has 0 spiro atoms. The average molecular weight is 168 g/mol. The van der Waals surface area contributed by atoms with Gasteiger partial charge in [0.1, 0.15) is 0 Å². The standard InChI is InChI=1S/C8H9FN2O/c9-7-3-10-8(11-4-7)12-5-6-1-2-6/h3-4,6H,1-2,5H2. The van der Waals surface area contributed by atoms with Gasteiger partial charge in [0.2, 0.25) is 0 Å². The van der Waals surface area contributed by atoms with Crippen LogP contribution in [0.2, 0.25) is 0 Å². The monoisotopic (exact) mass is 168 g/mol. The molecule has 0 atom stereocenters. The Hall–Kier alpha value is -1.19. The number of hydrogen-bond donors (Lipinski definition) is 0. The molecule has 1 aromatic rings. The van der Waals surface area contributed by atoms with Crippen LogP contribution in [0.15, 0.2) is 12.4 Å². The molecule has 12 heavy (non-hydrogen) atoms. The lowest BCUT2D eigenvalue weighted by atomic mass is 10.5. The van der Waals surface area contributed by atoms with Gasteiger partial charge in [0.25, 0.3) is 0 Å². The molecular weight excluding hydrogens is 159 g/mol. The molecule has 4 heteroatoms. The molecule has 0 N–H and O–H groups in total. The van der Waals surface area contributed by atoms with Gasteiger partial charge in [0, 0.05) is 0 Å². The largest absolute Gasteiger partial charge is 0.463 e. The molecule has 0 aliphatic heterocycles. The molecule has 0 amide bonds. The van der Waals surface area contributed by atoms with Crippen LogP contribution in [-0.4, -0.2) is 16.6 Å². The van der Waals surface area contributed by atoms with E-state index in [4.69, 9.17) is 4.74 Å². The second kappa shape index (κ2) is 3.05. The normalized spacial score (nSPS) is 16.1. The van der Waals surface area contributed by atoms with E-state index in [0.717, 1.165) is 12.4 Å². The topological polar surface area (TPSA) is 35.0 Å². The summed E-state index contributed by atoms with van der Waals surface area (Å²) in [5.41, 5.74) is 0. The van der Waals surface area contributed by atoms with Crippen molar-refractivity contribution in [3.8, 4) is 6.01 Å². The quantitative estimate of drug-likeness (QED) is 0.684. The van der Waals surface area contributed by atoms with E-state index < -0.39 is 5.82 Å². The predicted octanol–water partition coefficient (Wildman–Crippen LogP) is 1.40. The Morgan fingerprint density at radius 3 is 2.67 bits per heavy atom. The number of ether oxygens (including phenoxy) is 1. The minimum absolute atomic E-state index is 0.267. The zero-order valence-electron chi connectivity index (χ0n) is 6.53. The van der Waals surface area contributed by atoms with E-state index in [-0.39, 0.29) is 6.01 Å². The van der Waals surface area contributed by atoms with E-state index in [1.807, 2.05) is 0 Å². The molecule has 1 aliphatic rings. The van der Waals surface area contributed by atoms with Crippen LogP contribution in [0.3, 0.4) is 0 Å². The first-order chi connectivity index (χ1) is 5.84. The van der Waals surface area contributed by atoms with Gasteiger partial charge in [-0.3, -0.25) is 0 Å². The zero-order chi connectivity index (χ0) is 8.39. The van der Waals surface area contributed by atoms with Crippen molar-refractivity contribution in [3.63, 3.8) is 0 Å². The van der Waals surface area contributed by atoms with Gasteiger partial charge in [-0.1, -0.05) is 0 Å². The molecule has 1 aliphatic carbocycles. The van der Waals surface area contributed by atoms with E-state index in [2.05, 4.69) is 9.97 Å². The molecule has 0 saturated heterocycles. The summed E-state index contributed by atoms with van der Waals surface area (Å²) in [4.78, 5) is 7.34. The van der Waals surface area contributed by atoms with Crippen LogP contribution in [0.25, 0.3) is 0 Å². The Kier molecular flexibility index (Phi) is 1.89. The predicted molar refractivity (Wildman–Crippen MR) is 40.2 cm³/mol. The zero-order valence-corrected chi connectivity index (χ0v) is 6.53. The van der Waals surface area contributed by atoms with E-state index in [9.17, 15) is 4.39 Å². The SMILES string of the molecule is Fc1cnc(OCC2CC2)nc1. The molecule has 0 unspecified atom stereocenters. The maximum Gasteiger partial charge on any atom is 0.316 e. The summed E-state index contributed by atoms with van der Waals surface area (Å²) in [5.74, 6) is 0.229. The number of nitrogens with zero attached hydrogens (tertiary/aromatic N) is 2. The highest BCUT2D eigenvalue weighted by molar-refractivity contribution is 4.95. The summed E-state index contributed by atoms with van der Waals surface area (Å²) >= 11 is 0. The van der Waals surface area contributed by atoms with Crippen molar-refractivity contribution < 1.29 is 9.13 Å². The summed E-state index contributed by atoms with van der Waals surface area (Å²) in [5, 5.41) is 0. The summed E-state index contributed by atoms with van der Waals surface area (Å²) in [7, 11) is 0. The highest BCUT2D eigenvalue weighted by atomic mass is 19.1. The lowest BCUT2D eigenvalue weighted by molar-refractivity contribution is 0.275. The molecule has 0 aromatic carbocycles. The average Bonchev–Trinajstić information content (AvgIpc) is 2.87. The maximum atomic E-state index is 12.3. The van der Waals surface area contributed by atoms with E-state index in [1.54, 1.807) is 0 Å². The molecule has 2 rings (SSSR count). The highest BCUT2D eigenvalue weighted by Gasteiger charge is 2.22.